The minimum absolute atomic E-state index is 0.189. The van der Waals surface area contributed by atoms with Crippen molar-refractivity contribution >= 4 is 34.5 Å². The summed E-state index contributed by atoms with van der Waals surface area (Å²) >= 11 is 7.53. The molecule has 2 aromatic heterocycles. The van der Waals surface area contributed by atoms with E-state index < -0.39 is 0 Å². The maximum Gasteiger partial charge on any atom is 0.226 e. The molecular formula is C20H21ClN4O2S. The molecule has 4 rings (SSSR count). The number of carbonyl (C=O) groups excluding carboxylic acids is 1. The number of carbonyl (C=O) groups is 1. The molecular weight excluding hydrogens is 396 g/mol. The molecule has 146 valence electrons. The van der Waals surface area contributed by atoms with Gasteiger partial charge in [-0.15, -0.1) is 11.3 Å². The third-order valence-electron chi connectivity index (χ3n) is 4.82. The number of amides is 1. The molecule has 1 saturated heterocycles. The van der Waals surface area contributed by atoms with Crippen LogP contribution in [0.5, 0.6) is 0 Å². The van der Waals surface area contributed by atoms with Gasteiger partial charge in [-0.2, -0.15) is 4.98 Å². The normalized spacial score (nSPS) is 14.5. The van der Waals surface area contributed by atoms with Crippen LogP contribution in [0.3, 0.4) is 0 Å². The molecule has 3 aromatic rings. The number of aryl methyl sites for hydroxylation is 1. The molecule has 3 heterocycles. The van der Waals surface area contributed by atoms with Crippen LogP contribution < -0.4 is 4.90 Å². The number of aromatic nitrogens is 2. The Kier molecular flexibility index (Phi) is 5.92. The van der Waals surface area contributed by atoms with Gasteiger partial charge in [0.15, 0.2) is 0 Å². The van der Waals surface area contributed by atoms with Crippen LogP contribution in [0, 0.1) is 0 Å². The first-order chi connectivity index (χ1) is 13.7. The molecule has 0 bridgehead atoms. The highest BCUT2D eigenvalue weighted by Crippen LogP contribution is 2.22. The molecule has 0 atom stereocenters. The quantitative estimate of drug-likeness (QED) is 0.604. The van der Waals surface area contributed by atoms with Crippen LogP contribution in [0.1, 0.15) is 18.7 Å². The summed E-state index contributed by atoms with van der Waals surface area (Å²) in [6.45, 7) is 3.15. The molecule has 1 aliphatic rings. The summed E-state index contributed by atoms with van der Waals surface area (Å²) in [5.41, 5.74) is 1.15. The van der Waals surface area contributed by atoms with Crippen molar-refractivity contribution < 1.29 is 9.32 Å². The zero-order chi connectivity index (χ0) is 19.3. The van der Waals surface area contributed by atoms with Crippen LogP contribution in [-0.2, 0) is 11.2 Å². The first kappa shape index (κ1) is 19.0. The zero-order valence-corrected chi connectivity index (χ0v) is 17.0. The third kappa shape index (κ3) is 4.54. The Hall–Kier alpha value is -2.38. The summed E-state index contributed by atoms with van der Waals surface area (Å²) in [5.74, 6) is 1.40. The Bertz CT molecular complexity index is 903. The van der Waals surface area contributed by atoms with E-state index in [4.69, 9.17) is 16.1 Å². The van der Waals surface area contributed by atoms with Crippen molar-refractivity contribution in [2.24, 2.45) is 0 Å². The minimum Gasteiger partial charge on any atom is -0.368 e. The topological polar surface area (TPSA) is 62.5 Å². The second-order valence-electron chi connectivity index (χ2n) is 6.69. The Morgan fingerprint density at radius 2 is 1.93 bits per heavy atom. The first-order valence-corrected chi connectivity index (χ1v) is 10.6. The van der Waals surface area contributed by atoms with Gasteiger partial charge in [0, 0.05) is 49.7 Å². The van der Waals surface area contributed by atoms with E-state index in [0.29, 0.717) is 31.0 Å². The van der Waals surface area contributed by atoms with Crippen LogP contribution in [0.25, 0.3) is 10.7 Å². The molecule has 1 amide bonds. The highest BCUT2D eigenvalue weighted by atomic mass is 35.5. The van der Waals surface area contributed by atoms with Crippen LogP contribution in [0.15, 0.2) is 46.3 Å². The molecule has 6 nitrogen and oxygen atoms in total. The van der Waals surface area contributed by atoms with E-state index in [-0.39, 0.29) is 5.91 Å². The SMILES string of the molecule is O=C(CCCc1nc(-c2cccs2)no1)N1CCN(c2ccc(Cl)cc2)CC1. The summed E-state index contributed by atoms with van der Waals surface area (Å²) in [5, 5.41) is 6.72. The smallest absolute Gasteiger partial charge is 0.226 e. The van der Waals surface area contributed by atoms with Crippen molar-refractivity contribution in [3.63, 3.8) is 0 Å². The fourth-order valence-corrected chi connectivity index (χ4v) is 4.05. The van der Waals surface area contributed by atoms with Crippen molar-refractivity contribution in [1.82, 2.24) is 15.0 Å². The second-order valence-corrected chi connectivity index (χ2v) is 8.07. The summed E-state index contributed by atoms with van der Waals surface area (Å²) < 4.78 is 5.29. The number of nitrogens with zero attached hydrogens (tertiary/aromatic N) is 4. The van der Waals surface area contributed by atoms with Gasteiger partial charge in [0.1, 0.15) is 0 Å². The number of thiophene rings is 1. The average molecular weight is 417 g/mol. The van der Waals surface area contributed by atoms with Crippen molar-refractivity contribution in [3.05, 3.63) is 52.7 Å². The molecule has 0 aliphatic carbocycles. The summed E-state index contributed by atoms with van der Waals surface area (Å²) in [6.07, 6.45) is 1.83. The van der Waals surface area contributed by atoms with Gasteiger partial charge in [0.25, 0.3) is 0 Å². The second kappa shape index (κ2) is 8.75. The third-order valence-corrected chi connectivity index (χ3v) is 5.93. The van der Waals surface area contributed by atoms with E-state index >= 15 is 0 Å². The maximum atomic E-state index is 12.5. The average Bonchev–Trinajstić information content (AvgIpc) is 3.40. The minimum atomic E-state index is 0.189. The zero-order valence-electron chi connectivity index (χ0n) is 15.4. The fourth-order valence-electron chi connectivity index (χ4n) is 3.28. The van der Waals surface area contributed by atoms with Crippen molar-refractivity contribution in [1.29, 1.82) is 0 Å². The monoisotopic (exact) mass is 416 g/mol. The van der Waals surface area contributed by atoms with Crippen LogP contribution in [0.2, 0.25) is 5.02 Å². The summed E-state index contributed by atoms with van der Waals surface area (Å²) in [4.78, 5) is 22.1. The highest BCUT2D eigenvalue weighted by Gasteiger charge is 2.21. The van der Waals surface area contributed by atoms with Gasteiger partial charge in [-0.05, 0) is 42.1 Å². The van der Waals surface area contributed by atoms with E-state index in [0.717, 1.165) is 41.8 Å². The van der Waals surface area contributed by atoms with E-state index in [2.05, 4.69) is 15.0 Å². The van der Waals surface area contributed by atoms with Crippen LogP contribution in [-0.4, -0.2) is 47.1 Å². The summed E-state index contributed by atoms with van der Waals surface area (Å²) in [7, 11) is 0. The predicted octanol–water partition coefficient (Wildman–Crippen LogP) is 4.12. The molecule has 0 unspecified atom stereocenters. The largest absolute Gasteiger partial charge is 0.368 e. The molecule has 0 N–H and O–H groups in total. The Morgan fingerprint density at radius 3 is 2.64 bits per heavy atom. The Labute approximate surface area is 172 Å². The van der Waals surface area contributed by atoms with Gasteiger partial charge in [-0.25, -0.2) is 0 Å². The number of hydrogen-bond donors (Lipinski definition) is 0. The Balaban J connectivity index is 1.21. The number of halogens is 1. The molecule has 8 heteroatoms. The van der Waals surface area contributed by atoms with Gasteiger partial charge in [0.05, 0.1) is 4.88 Å². The lowest BCUT2D eigenvalue weighted by atomic mass is 10.2. The van der Waals surface area contributed by atoms with Gasteiger partial charge in [-0.3, -0.25) is 4.79 Å². The number of hydrogen-bond acceptors (Lipinski definition) is 6. The van der Waals surface area contributed by atoms with E-state index in [1.807, 2.05) is 46.7 Å². The summed E-state index contributed by atoms with van der Waals surface area (Å²) in [6, 6.07) is 11.8. The van der Waals surface area contributed by atoms with Crippen molar-refractivity contribution in [3.8, 4) is 10.7 Å². The Morgan fingerprint density at radius 1 is 1.14 bits per heavy atom. The number of anilines is 1. The first-order valence-electron chi connectivity index (χ1n) is 9.34. The number of rotatable bonds is 6. The predicted molar refractivity (Wildman–Crippen MR) is 111 cm³/mol. The lowest BCUT2D eigenvalue weighted by molar-refractivity contribution is -0.131. The van der Waals surface area contributed by atoms with E-state index in [1.54, 1.807) is 11.3 Å². The van der Waals surface area contributed by atoms with Crippen molar-refractivity contribution in [2.45, 2.75) is 19.3 Å². The molecule has 1 aliphatic heterocycles. The van der Waals surface area contributed by atoms with Gasteiger partial charge in [0.2, 0.25) is 17.6 Å². The van der Waals surface area contributed by atoms with E-state index in [9.17, 15) is 4.79 Å². The van der Waals surface area contributed by atoms with Crippen molar-refractivity contribution in [2.75, 3.05) is 31.1 Å². The van der Waals surface area contributed by atoms with Gasteiger partial charge in [-0.1, -0.05) is 22.8 Å². The molecule has 1 aromatic carbocycles. The van der Waals surface area contributed by atoms with Gasteiger partial charge < -0.3 is 14.3 Å². The highest BCUT2D eigenvalue weighted by molar-refractivity contribution is 7.13. The lowest BCUT2D eigenvalue weighted by Gasteiger charge is -2.36. The molecule has 0 radical (unpaired) electrons. The van der Waals surface area contributed by atoms with Gasteiger partial charge >= 0.3 is 0 Å². The number of piperazine rings is 1. The maximum absolute atomic E-state index is 12.5. The molecule has 0 saturated carbocycles. The standard InChI is InChI=1S/C20H21ClN4O2S/c21-15-6-8-16(9-7-15)24-10-12-25(13-11-24)19(26)5-1-4-18-22-20(23-27-18)17-3-2-14-28-17/h2-3,6-9,14H,1,4-5,10-13H2. The number of benzene rings is 1. The van der Waals surface area contributed by atoms with Crippen LogP contribution >= 0.6 is 22.9 Å². The molecule has 1 fully saturated rings. The van der Waals surface area contributed by atoms with E-state index in [1.165, 1.54) is 0 Å². The molecule has 0 spiro atoms. The fraction of sp³-hybridized carbons (Fsp3) is 0.350. The molecule has 28 heavy (non-hydrogen) atoms. The van der Waals surface area contributed by atoms with Crippen LogP contribution in [0.4, 0.5) is 5.69 Å². The lowest BCUT2D eigenvalue weighted by Crippen LogP contribution is -2.48.